The van der Waals surface area contributed by atoms with Gasteiger partial charge in [-0.2, -0.15) is 0 Å². The molecule has 1 unspecified atom stereocenters. The van der Waals surface area contributed by atoms with Crippen LogP contribution in [0.4, 0.5) is 0 Å². The summed E-state index contributed by atoms with van der Waals surface area (Å²) in [7, 11) is 0. The van der Waals surface area contributed by atoms with Gasteiger partial charge < -0.3 is 5.32 Å². The Balaban J connectivity index is 2.00. The van der Waals surface area contributed by atoms with E-state index >= 15 is 0 Å². The van der Waals surface area contributed by atoms with E-state index in [1.54, 1.807) is 0 Å². The zero-order valence-electron chi connectivity index (χ0n) is 13.9. The monoisotopic (exact) mass is 273 g/mol. The van der Waals surface area contributed by atoms with Crippen LogP contribution in [0.1, 0.15) is 65.0 Å². The first kappa shape index (κ1) is 15.6. The van der Waals surface area contributed by atoms with Crippen LogP contribution in [0.5, 0.6) is 0 Å². The highest BCUT2D eigenvalue weighted by molar-refractivity contribution is 5.29. The first-order valence-electron chi connectivity index (χ1n) is 8.20. The minimum atomic E-state index is 0.256. The molecule has 20 heavy (non-hydrogen) atoms. The standard InChI is InChI=1S/C19H31N/c1-6-13-20-15(2)19(11-12-19)14-16-7-9-17(10-8-16)18(3,4)5/h7-10,15,20H,6,11-14H2,1-5H3. The first-order chi connectivity index (χ1) is 9.37. The molecule has 1 N–H and O–H groups in total. The van der Waals surface area contributed by atoms with Gasteiger partial charge in [0.25, 0.3) is 0 Å². The van der Waals surface area contributed by atoms with Crippen molar-refractivity contribution in [1.29, 1.82) is 0 Å². The maximum Gasteiger partial charge on any atom is 0.00983 e. The molecule has 0 radical (unpaired) electrons. The number of hydrogen-bond acceptors (Lipinski definition) is 1. The van der Waals surface area contributed by atoms with E-state index in [0.29, 0.717) is 11.5 Å². The van der Waals surface area contributed by atoms with E-state index in [1.165, 1.54) is 36.8 Å². The van der Waals surface area contributed by atoms with Gasteiger partial charge in [0.2, 0.25) is 0 Å². The summed E-state index contributed by atoms with van der Waals surface area (Å²) >= 11 is 0. The molecule has 1 fully saturated rings. The molecule has 1 aliphatic carbocycles. The van der Waals surface area contributed by atoms with Crippen LogP contribution in [0.25, 0.3) is 0 Å². The van der Waals surface area contributed by atoms with E-state index in [-0.39, 0.29) is 5.41 Å². The fourth-order valence-corrected chi connectivity index (χ4v) is 3.03. The minimum Gasteiger partial charge on any atom is -0.314 e. The predicted molar refractivity (Wildman–Crippen MR) is 88.3 cm³/mol. The second-order valence-electron chi connectivity index (χ2n) is 7.66. The first-order valence-corrected chi connectivity index (χ1v) is 8.20. The Kier molecular flexibility index (Phi) is 4.59. The number of hydrogen-bond donors (Lipinski definition) is 1. The maximum atomic E-state index is 3.69. The molecule has 0 aliphatic heterocycles. The van der Waals surface area contributed by atoms with Gasteiger partial charge in [-0.1, -0.05) is 52.0 Å². The zero-order chi connectivity index (χ0) is 14.8. The van der Waals surface area contributed by atoms with E-state index in [0.717, 1.165) is 6.54 Å². The lowest BCUT2D eigenvalue weighted by Gasteiger charge is -2.25. The summed E-state index contributed by atoms with van der Waals surface area (Å²) in [4.78, 5) is 0. The van der Waals surface area contributed by atoms with Crippen LogP contribution in [0, 0.1) is 5.41 Å². The van der Waals surface area contributed by atoms with Gasteiger partial charge in [-0.05, 0) is 61.1 Å². The van der Waals surface area contributed by atoms with E-state index in [4.69, 9.17) is 0 Å². The van der Waals surface area contributed by atoms with E-state index < -0.39 is 0 Å². The molecule has 1 saturated carbocycles. The Morgan fingerprint density at radius 2 is 1.75 bits per heavy atom. The molecule has 112 valence electrons. The van der Waals surface area contributed by atoms with Crippen molar-refractivity contribution in [3.63, 3.8) is 0 Å². The summed E-state index contributed by atoms with van der Waals surface area (Å²) in [6, 6.07) is 9.95. The third-order valence-electron chi connectivity index (χ3n) is 4.89. The van der Waals surface area contributed by atoms with Crippen molar-refractivity contribution in [2.75, 3.05) is 6.54 Å². The second kappa shape index (κ2) is 5.89. The largest absolute Gasteiger partial charge is 0.314 e. The average Bonchev–Trinajstić information content (AvgIpc) is 3.16. The lowest BCUT2D eigenvalue weighted by atomic mass is 9.84. The SMILES string of the molecule is CCCNC(C)C1(Cc2ccc(C(C)(C)C)cc2)CC1. The highest BCUT2D eigenvalue weighted by atomic mass is 14.9. The van der Waals surface area contributed by atoms with E-state index in [2.05, 4.69) is 64.2 Å². The minimum absolute atomic E-state index is 0.256. The average molecular weight is 273 g/mol. The summed E-state index contributed by atoms with van der Waals surface area (Å²) in [5, 5.41) is 3.69. The number of benzene rings is 1. The molecule has 1 aromatic carbocycles. The zero-order valence-corrected chi connectivity index (χ0v) is 13.9. The molecule has 0 saturated heterocycles. The van der Waals surface area contributed by atoms with Crippen LogP contribution in [-0.2, 0) is 11.8 Å². The molecule has 0 amide bonds. The molecule has 0 bridgehead atoms. The molecule has 1 nitrogen and oxygen atoms in total. The molecule has 1 aromatic rings. The van der Waals surface area contributed by atoms with Gasteiger partial charge in [0.15, 0.2) is 0 Å². The molecule has 1 aliphatic rings. The predicted octanol–water partition coefficient (Wildman–Crippen LogP) is 4.69. The Morgan fingerprint density at radius 1 is 1.15 bits per heavy atom. The topological polar surface area (TPSA) is 12.0 Å². The third kappa shape index (κ3) is 3.63. The normalized spacial score (nSPS) is 18.9. The molecule has 2 rings (SSSR count). The Morgan fingerprint density at radius 3 is 2.20 bits per heavy atom. The van der Waals surface area contributed by atoms with Crippen LogP contribution in [0.15, 0.2) is 24.3 Å². The van der Waals surface area contributed by atoms with E-state index in [1.807, 2.05) is 0 Å². The van der Waals surface area contributed by atoms with Crippen molar-refractivity contribution in [2.45, 2.75) is 71.8 Å². The van der Waals surface area contributed by atoms with Crippen LogP contribution >= 0.6 is 0 Å². The highest BCUT2D eigenvalue weighted by Gasteiger charge is 2.46. The Labute approximate surface area is 125 Å². The third-order valence-corrected chi connectivity index (χ3v) is 4.89. The van der Waals surface area contributed by atoms with Gasteiger partial charge in [0.05, 0.1) is 0 Å². The van der Waals surface area contributed by atoms with Crippen molar-refractivity contribution >= 4 is 0 Å². The van der Waals surface area contributed by atoms with Crippen LogP contribution in [0.3, 0.4) is 0 Å². The lowest BCUT2D eigenvalue weighted by molar-refractivity contribution is 0.350. The molecule has 1 atom stereocenters. The van der Waals surface area contributed by atoms with Crippen molar-refractivity contribution in [2.24, 2.45) is 5.41 Å². The Bertz CT molecular complexity index is 420. The van der Waals surface area contributed by atoms with Gasteiger partial charge >= 0.3 is 0 Å². The molecule has 0 spiro atoms. The fourth-order valence-electron chi connectivity index (χ4n) is 3.03. The Hall–Kier alpha value is -0.820. The van der Waals surface area contributed by atoms with Crippen LogP contribution < -0.4 is 5.32 Å². The van der Waals surface area contributed by atoms with Crippen molar-refractivity contribution < 1.29 is 0 Å². The van der Waals surface area contributed by atoms with Crippen molar-refractivity contribution in [1.82, 2.24) is 5.32 Å². The van der Waals surface area contributed by atoms with Gasteiger partial charge in [0.1, 0.15) is 0 Å². The van der Waals surface area contributed by atoms with Gasteiger partial charge in [-0.3, -0.25) is 0 Å². The quantitative estimate of drug-likeness (QED) is 0.792. The van der Waals surface area contributed by atoms with Crippen LogP contribution in [-0.4, -0.2) is 12.6 Å². The van der Waals surface area contributed by atoms with Crippen molar-refractivity contribution in [3.8, 4) is 0 Å². The summed E-state index contributed by atoms with van der Waals surface area (Å²) in [6.07, 6.45) is 5.22. The molecule has 1 heteroatoms. The highest BCUT2D eigenvalue weighted by Crippen LogP contribution is 2.51. The fraction of sp³-hybridized carbons (Fsp3) is 0.684. The second-order valence-corrected chi connectivity index (χ2v) is 7.66. The van der Waals surface area contributed by atoms with Crippen molar-refractivity contribution in [3.05, 3.63) is 35.4 Å². The van der Waals surface area contributed by atoms with Gasteiger partial charge in [0, 0.05) is 6.04 Å². The summed E-state index contributed by atoms with van der Waals surface area (Å²) < 4.78 is 0. The van der Waals surface area contributed by atoms with Gasteiger partial charge in [-0.15, -0.1) is 0 Å². The summed E-state index contributed by atoms with van der Waals surface area (Å²) in [6.45, 7) is 12.6. The lowest BCUT2D eigenvalue weighted by Crippen LogP contribution is -2.36. The van der Waals surface area contributed by atoms with Gasteiger partial charge in [-0.25, -0.2) is 0 Å². The van der Waals surface area contributed by atoms with E-state index in [9.17, 15) is 0 Å². The summed E-state index contributed by atoms with van der Waals surface area (Å²) in [5.74, 6) is 0. The van der Waals surface area contributed by atoms with Crippen LogP contribution in [0.2, 0.25) is 0 Å². The molecule has 0 heterocycles. The number of rotatable bonds is 6. The maximum absolute atomic E-state index is 3.69. The number of nitrogens with one attached hydrogen (secondary N) is 1. The molecular weight excluding hydrogens is 242 g/mol. The molecule has 0 aromatic heterocycles. The summed E-state index contributed by atoms with van der Waals surface area (Å²) in [5.41, 5.74) is 3.72. The smallest absolute Gasteiger partial charge is 0.00983 e. The molecular formula is C19H31N.